The van der Waals surface area contributed by atoms with Gasteiger partial charge in [0.1, 0.15) is 17.4 Å². The van der Waals surface area contributed by atoms with Gasteiger partial charge in [0.25, 0.3) is 0 Å². The number of ether oxygens (including phenoxy) is 1. The van der Waals surface area contributed by atoms with E-state index in [0.29, 0.717) is 19.6 Å². The minimum atomic E-state index is 0.122. The number of carbonyl (C=O) groups is 1. The van der Waals surface area contributed by atoms with Gasteiger partial charge in [0, 0.05) is 31.0 Å². The van der Waals surface area contributed by atoms with Crippen molar-refractivity contribution >= 4 is 17.2 Å². The molecule has 6 heteroatoms. The molecule has 5 nitrogen and oxygen atoms in total. The molecule has 0 atom stereocenters. The molecule has 0 aliphatic rings. The van der Waals surface area contributed by atoms with Crippen molar-refractivity contribution in [3.8, 4) is 5.75 Å². The third-order valence-corrected chi connectivity index (χ3v) is 3.93. The average molecular weight is 319 g/mol. The van der Waals surface area contributed by atoms with E-state index in [0.717, 1.165) is 35.7 Å². The molecule has 0 fully saturated rings. The second-order valence-corrected chi connectivity index (χ2v) is 5.86. The third-order valence-electron chi connectivity index (χ3n) is 3.06. The maximum Gasteiger partial charge on any atom is 0.220 e. The molecular weight excluding hydrogens is 298 g/mol. The van der Waals surface area contributed by atoms with Crippen molar-refractivity contribution in [2.45, 2.75) is 39.2 Å². The Balaban J connectivity index is 1.69. The van der Waals surface area contributed by atoms with E-state index in [2.05, 4.69) is 22.2 Å². The van der Waals surface area contributed by atoms with Crippen molar-refractivity contribution in [3.63, 3.8) is 0 Å². The monoisotopic (exact) mass is 319 g/mol. The van der Waals surface area contributed by atoms with Crippen molar-refractivity contribution in [2.75, 3.05) is 6.54 Å². The highest BCUT2D eigenvalue weighted by Gasteiger charge is 2.05. The maximum absolute atomic E-state index is 11.5. The number of hydrogen-bond acceptors (Lipinski definition) is 5. The Kier molecular flexibility index (Phi) is 6.83. The molecule has 0 aromatic carbocycles. The Labute approximate surface area is 134 Å². The minimum absolute atomic E-state index is 0.122. The molecule has 0 spiro atoms. The number of unbranched alkanes of at least 4 members (excludes halogenated alkanes) is 1. The van der Waals surface area contributed by atoms with E-state index in [4.69, 9.17) is 4.74 Å². The first kappa shape index (κ1) is 16.4. The first-order chi connectivity index (χ1) is 10.8. The van der Waals surface area contributed by atoms with Crippen LogP contribution in [0.2, 0.25) is 0 Å². The van der Waals surface area contributed by atoms with Crippen molar-refractivity contribution in [1.82, 2.24) is 15.3 Å². The Bertz CT molecular complexity index is 572. The average Bonchev–Trinajstić information content (AvgIpc) is 3.00. The third kappa shape index (κ3) is 5.81. The van der Waals surface area contributed by atoms with Crippen LogP contribution in [-0.2, 0) is 17.8 Å². The van der Waals surface area contributed by atoms with Crippen LogP contribution in [0.25, 0.3) is 0 Å². The van der Waals surface area contributed by atoms with E-state index in [-0.39, 0.29) is 5.91 Å². The summed E-state index contributed by atoms with van der Waals surface area (Å²) in [5.74, 6) is 0.861. The van der Waals surface area contributed by atoms with Crippen LogP contribution in [0.15, 0.2) is 29.9 Å². The Morgan fingerprint density at radius 1 is 1.45 bits per heavy atom. The van der Waals surface area contributed by atoms with Crippen LogP contribution >= 0.6 is 11.3 Å². The van der Waals surface area contributed by atoms with Crippen molar-refractivity contribution < 1.29 is 9.53 Å². The molecule has 0 saturated heterocycles. The van der Waals surface area contributed by atoms with Crippen LogP contribution in [0.4, 0.5) is 0 Å². The predicted molar refractivity (Wildman–Crippen MR) is 86.9 cm³/mol. The van der Waals surface area contributed by atoms with Gasteiger partial charge in [-0.25, -0.2) is 4.98 Å². The fourth-order valence-corrected chi connectivity index (χ4v) is 2.60. The summed E-state index contributed by atoms with van der Waals surface area (Å²) < 4.78 is 5.61. The number of hydrogen-bond donors (Lipinski definition) is 1. The molecule has 0 radical (unpaired) electrons. The molecule has 2 heterocycles. The van der Waals surface area contributed by atoms with E-state index < -0.39 is 0 Å². The van der Waals surface area contributed by atoms with Crippen LogP contribution < -0.4 is 10.1 Å². The van der Waals surface area contributed by atoms with Crippen molar-refractivity contribution in [3.05, 3.63) is 40.6 Å². The second-order valence-electron chi connectivity index (χ2n) is 4.91. The Hall–Kier alpha value is -1.95. The van der Waals surface area contributed by atoms with Crippen molar-refractivity contribution in [2.24, 2.45) is 0 Å². The molecule has 2 aromatic rings. The number of amides is 1. The standard InChI is InChI=1S/C16H21N3O2S/c1-2-3-6-15(20)18-9-7-13-12-22-16(19-13)11-21-14-5-4-8-17-10-14/h4-5,8,10,12H,2-3,6-7,9,11H2,1H3,(H,18,20). The van der Waals surface area contributed by atoms with Crippen LogP contribution in [-0.4, -0.2) is 22.4 Å². The number of aromatic nitrogens is 2. The number of carbonyl (C=O) groups excluding carboxylic acids is 1. The maximum atomic E-state index is 11.5. The molecule has 0 unspecified atom stereocenters. The zero-order valence-corrected chi connectivity index (χ0v) is 13.6. The van der Waals surface area contributed by atoms with Gasteiger partial charge < -0.3 is 10.1 Å². The minimum Gasteiger partial charge on any atom is -0.485 e. The molecule has 2 rings (SSSR count). The molecule has 0 saturated carbocycles. The lowest BCUT2D eigenvalue weighted by atomic mass is 10.2. The topological polar surface area (TPSA) is 64.1 Å². The molecule has 22 heavy (non-hydrogen) atoms. The summed E-state index contributed by atoms with van der Waals surface area (Å²) >= 11 is 1.57. The van der Waals surface area contributed by atoms with Gasteiger partial charge in [0.15, 0.2) is 0 Å². The van der Waals surface area contributed by atoms with Crippen LogP contribution in [0.1, 0.15) is 36.9 Å². The molecule has 1 N–H and O–H groups in total. The molecule has 2 aromatic heterocycles. The van der Waals surface area contributed by atoms with Crippen molar-refractivity contribution in [1.29, 1.82) is 0 Å². The number of thiazole rings is 1. The summed E-state index contributed by atoms with van der Waals surface area (Å²) in [4.78, 5) is 20.0. The summed E-state index contributed by atoms with van der Waals surface area (Å²) in [5, 5.41) is 5.86. The van der Waals surface area contributed by atoms with Gasteiger partial charge in [-0.05, 0) is 18.6 Å². The Morgan fingerprint density at radius 3 is 3.14 bits per heavy atom. The fraction of sp³-hybridized carbons (Fsp3) is 0.438. The lowest BCUT2D eigenvalue weighted by molar-refractivity contribution is -0.121. The summed E-state index contributed by atoms with van der Waals surface area (Å²) in [6.45, 7) is 3.16. The van der Waals surface area contributed by atoms with E-state index in [1.165, 1.54) is 0 Å². The van der Waals surface area contributed by atoms with Gasteiger partial charge in [0.05, 0.1) is 11.9 Å². The quantitative estimate of drug-likeness (QED) is 0.772. The predicted octanol–water partition coefficient (Wildman–Crippen LogP) is 2.97. The fourth-order valence-electron chi connectivity index (χ4n) is 1.86. The summed E-state index contributed by atoms with van der Waals surface area (Å²) in [5.41, 5.74) is 0.991. The zero-order chi connectivity index (χ0) is 15.6. The van der Waals surface area contributed by atoms with Gasteiger partial charge in [-0.1, -0.05) is 13.3 Å². The zero-order valence-electron chi connectivity index (χ0n) is 12.7. The summed E-state index contributed by atoms with van der Waals surface area (Å²) in [6, 6.07) is 3.71. The molecular formula is C16H21N3O2S. The first-order valence-electron chi connectivity index (χ1n) is 7.50. The highest BCUT2D eigenvalue weighted by atomic mass is 32.1. The lowest BCUT2D eigenvalue weighted by Gasteiger charge is -2.03. The van der Waals surface area contributed by atoms with Crippen LogP contribution in [0, 0.1) is 0 Å². The van der Waals surface area contributed by atoms with E-state index >= 15 is 0 Å². The number of pyridine rings is 1. The largest absolute Gasteiger partial charge is 0.485 e. The lowest BCUT2D eigenvalue weighted by Crippen LogP contribution is -2.25. The normalized spacial score (nSPS) is 10.4. The summed E-state index contributed by atoms with van der Waals surface area (Å²) in [6.07, 6.45) is 6.74. The van der Waals surface area contributed by atoms with E-state index in [1.807, 2.05) is 17.5 Å². The van der Waals surface area contributed by atoms with E-state index in [1.54, 1.807) is 23.7 Å². The highest BCUT2D eigenvalue weighted by Crippen LogP contribution is 2.14. The van der Waals surface area contributed by atoms with Crippen LogP contribution in [0.3, 0.4) is 0 Å². The molecule has 0 aliphatic carbocycles. The van der Waals surface area contributed by atoms with Gasteiger partial charge in [-0.2, -0.15) is 0 Å². The smallest absolute Gasteiger partial charge is 0.220 e. The number of rotatable bonds is 9. The molecule has 1 amide bonds. The second kappa shape index (κ2) is 9.15. The SMILES string of the molecule is CCCCC(=O)NCCc1csc(COc2cccnc2)n1. The molecule has 0 aliphatic heterocycles. The number of nitrogens with one attached hydrogen (secondary N) is 1. The highest BCUT2D eigenvalue weighted by molar-refractivity contribution is 7.09. The first-order valence-corrected chi connectivity index (χ1v) is 8.38. The van der Waals surface area contributed by atoms with Crippen LogP contribution in [0.5, 0.6) is 5.75 Å². The van der Waals surface area contributed by atoms with Gasteiger partial charge in [-0.3, -0.25) is 9.78 Å². The van der Waals surface area contributed by atoms with E-state index in [9.17, 15) is 4.79 Å². The van der Waals surface area contributed by atoms with Gasteiger partial charge in [0.2, 0.25) is 5.91 Å². The number of nitrogens with zero attached hydrogens (tertiary/aromatic N) is 2. The molecule has 118 valence electrons. The van der Waals surface area contributed by atoms with Gasteiger partial charge in [-0.15, -0.1) is 11.3 Å². The molecule has 0 bridgehead atoms. The van der Waals surface area contributed by atoms with Gasteiger partial charge >= 0.3 is 0 Å². The Morgan fingerprint density at radius 2 is 2.36 bits per heavy atom. The summed E-state index contributed by atoms with van der Waals surface area (Å²) in [7, 11) is 0.